The molecule has 1 aromatic carbocycles. The fourth-order valence-electron chi connectivity index (χ4n) is 3.82. The van der Waals surface area contributed by atoms with E-state index < -0.39 is 10.0 Å². The van der Waals surface area contributed by atoms with E-state index in [1.165, 1.54) is 37.7 Å². The molecule has 0 radical (unpaired) electrons. The van der Waals surface area contributed by atoms with E-state index in [0.29, 0.717) is 23.9 Å². The summed E-state index contributed by atoms with van der Waals surface area (Å²) in [6.07, 6.45) is 6.23. The van der Waals surface area contributed by atoms with Crippen molar-refractivity contribution in [3.8, 4) is 0 Å². The zero-order valence-corrected chi connectivity index (χ0v) is 14.9. The maximum Gasteiger partial charge on any atom is 0.243 e. The van der Waals surface area contributed by atoms with Crippen LogP contribution in [0.15, 0.2) is 29.2 Å². The lowest BCUT2D eigenvalue weighted by Crippen LogP contribution is -2.48. The van der Waals surface area contributed by atoms with Crippen molar-refractivity contribution in [3.05, 3.63) is 29.8 Å². The zero-order chi connectivity index (χ0) is 16.4. The topological polar surface area (TPSA) is 46.6 Å². The number of morpholine rings is 1. The molecule has 0 amide bonds. The van der Waals surface area contributed by atoms with Crippen LogP contribution in [0.3, 0.4) is 0 Å². The summed E-state index contributed by atoms with van der Waals surface area (Å²) in [5, 5.41) is 0. The first-order chi connectivity index (χ1) is 11.0. The molecule has 1 saturated heterocycles. The lowest BCUT2D eigenvalue weighted by Gasteiger charge is -2.34. The Hall–Kier alpha value is -0.910. The maximum absolute atomic E-state index is 12.8. The molecule has 3 rings (SSSR count). The molecule has 1 aromatic rings. The molecular weight excluding hydrogens is 310 g/mol. The van der Waals surface area contributed by atoms with E-state index in [1.54, 1.807) is 16.4 Å². The Morgan fingerprint density at radius 1 is 0.957 bits per heavy atom. The zero-order valence-electron chi connectivity index (χ0n) is 14.1. The summed E-state index contributed by atoms with van der Waals surface area (Å²) in [6, 6.07) is 7.58. The highest BCUT2D eigenvalue weighted by atomic mass is 32.2. The van der Waals surface area contributed by atoms with E-state index in [0.717, 1.165) is 0 Å². The second kappa shape index (κ2) is 6.91. The minimum atomic E-state index is -3.42. The molecule has 1 aliphatic heterocycles. The largest absolute Gasteiger partial charge is 0.373 e. The minimum Gasteiger partial charge on any atom is -0.373 e. The summed E-state index contributed by atoms with van der Waals surface area (Å²) in [4.78, 5) is 0.401. The normalized spacial score (nSPS) is 27.9. The van der Waals surface area contributed by atoms with Gasteiger partial charge in [0.1, 0.15) is 0 Å². The molecule has 0 N–H and O–H groups in total. The summed E-state index contributed by atoms with van der Waals surface area (Å²) < 4.78 is 32.9. The van der Waals surface area contributed by atoms with E-state index in [4.69, 9.17) is 4.74 Å². The van der Waals surface area contributed by atoms with E-state index >= 15 is 0 Å². The number of hydrogen-bond acceptors (Lipinski definition) is 3. The van der Waals surface area contributed by atoms with Gasteiger partial charge >= 0.3 is 0 Å². The molecule has 128 valence electrons. The predicted molar refractivity (Wildman–Crippen MR) is 91.0 cm³/mol. The van der Waals surface area contributed by atoms with Gasteiger partial charge in [-0.25, -0.2) is 8.42 Å². The average Bonchev–Trinajstić information content (AvgIpc) is 2.55. The van der Waals surface area contributed by atoms with Crippen LogP contribution in [0.1, 0.15) is 57.4 Å². The third-order valence-corrected chi connectivity index (χ3v) is 6.83. The molecule has 2 atom stereocenters. The average molecular weight is 337 g/mol. The maximum atomic E-state index is 12.8. The molecule has 23 heavy (non-hydrogen) atoms. The molecule has 0 spiro atoms. The Labute approximate surface area is 139 Å². The molecule has 1 saturated carbocycles. The lowest BCUT2D eigenvalue weighted by atomic mass is 9.84. The second-order valence-corrected chi connectivity index (χ2v) is 8.92. The van der Waals surface area contributed by atoms with Gasteiger partial charge in [-0.3, -0.25) is 0 Å². The molecule has 1 aliphatic carbocycles. The Bertz CT molecular complexity index is 610. The van der Waals surface area contributed by atoms with Gasteiger partial charge < -0.3 is 4.74 Å². The smallest absolute Gasteiger partial charge is 0.243 e. The van der Waals surface area contributed by atoms with E-state index in [9.17, 15) is 8.42 Å². The molecule has 1 heterocycles. The third kappa shape index (κ3) is 3.78. The van der Waals surface area contributed by atoms with Crippen molar-refractivity contribution in [2.75, 3.05) is 13.1 Å². The van der Waals surface area contributed by atoms with Crippen molar-refractivity contribution in [3.63, 3.8) is 0 Å². The number of rotatable bonds is 3. The van der Waals surface area contributed by atoms with Crippen molar-refractivity contribution in [2.24, 2.45) is 0 Å². The van der Waals surface area contributed by atoms with Gasteiger partial charge in [0.15, 0.2) is 0 Å². The number of ether oxygens (including phenoxy) is 1. The summed E-state index contributed by atoms with van der Waals surface area (Å²) in [6.45, 7) is 4.70. The SMILES string of the molecule is CC1CN(S(=O)(=O)c2ccc(C3CCCCC3)cc2)CC(C)O1. The Kier molecular flexibility index (Phi) is 5.09. The summed E-state index contributed by atoms with van der Waals surface area (Å²) >= 11 is 0. The Balaban J connectivity index is 1.77. The third-order valence-electron chi connectivity index (χ3n) is 4.98. The van der Waals surface area contributed by atoms with Gasteiger partial charge in [0.2, 0.25) is 10.0 Å². The van der Waals surface area contributed by atoms with Crippen LogP contribution in [0.2, 0.25) is 0 Å². The van der Waals surface area contributed by atoms with E-state index in [2.05, 4.69) is 0 Å². The molecular formula is C18H27NO3S. The predicted octanol–water partition coefficient (Wildman–Crippen LogP) is 3.53. The second-order valence-electron chi connectivity index (χ2n) is 6.98. The molecule has 2 unspecified atom stereocenters. The van der Waals surface area contributed by atoms with Crippen molar-refractivity contribution < 1.29 is 13.2 Å². The van der Waals surface area contributed by atoms with Gasteiger partial charge in [-0.15, -0.1) is 0 Å². The van der Waals surface area contributed by atoms with Gasteiger partial charge in [-0.05, 0) is 50.3 Å². The highest BCUT2D eigenvalue weighted by Gasteiger charge is 2.32. The summed E-state index contributed by atoms with van der Waals surface area (Å²) in [5.74, 6) is 0.601. The van der Waals surface area contributed by atoms with Crippen LogP contribution in [0.5, 0.6) is 0 Å². The van der Waals surface area contributed by atoms with Crippen LogP contribution in [0, 0.1) is 0 Å². The van der Waals surface area contributed by atoms with Gasteiger partial charge in [0.05, 0.1) is 17.1 Å². The first-order valence-electron chi connectivity index (χ1n) is 8.72. The number of benzene rings is 1. The van der Waals surface area contributed by atoms with Crippen LogP contribution in [-0.2, 0) is 14.8 Å². The quantitative estimate of drug-likeness (QED) is 0.847. The van der Waals surface area contributed by atoms with Crippen LogP contribution in [0.4, 0.5) is 0 Å². The monoisotopic (exact) mass is 337 g/mol. The number of hydrogen-bond donors (Lipinski definition) is 0. The molecule has 4 nitrogen and oxygen atoms in total. The number of nitrogens with zero attached hydrogens (tertiary/aromatic N) is 1. The first kappa shape index (κ1) is 16.9. The summed E-state index contributed by atoms with van der Waals surface area (Å²) in [7, 11) is -3.42. The van der Waals surface area contributed by atoms with E-state index in [-0.39, 0.29) is 12.2 Å². The number of sulfonamides is 1. The Morgan fingerprint density at radius 2 is 1.52 bits per heavy atom. The van der Waals surface area contributed by atoms with Gasteiger partial charge in [-0.2, -0.15) is 4.31 Å². The summed E-state index contributed by atoms with van der Waals surface area (Å²) in [5.41, 5.74) is 1.28. The lowest BCUT2D eigenvalue weighted by molar-refractivity contribution is -0.0440. The Morgan fingerprint density at radius 3 is 2.09 bits per heavy atom. The first-order valence-corrected chi connectivity index (χ1v) is 10.2. The fraction of sp³-hybridized carbons (Fsp3) is 0.667. The fourth-order valence-corrected chi connectivity index (χ4v) is 5.41. The van der Waals surface area contributed by atoms with Crippen LogP contribution < -0.4 is 0 Å². The molecule has 2 fully saturated rings. The highest BCUT2D eigenvalue weighted by molar-refractivity contribution is 7.89. The molecule has 0 bridgehead atoms. The van der Waals surface area contributed by atoms with Gasteiger partial charge in [0, 0.05) is 13.1 Å². The van der Waals surface area contributed by atoms with Gasteiger partial charge in [-0.1, -0.05) is 31.4 Å². The van der Waals surface area contributed by atoms with E-state index in [1.807, 2.05) is 26.0 Å². The van der Waals surface area contributed by atoms with Crippen molar-refractivity contribution in [1.82, 2.24) is 4.31 Å². The van der Waals surface area contributed by atoms with Crippen LogP contribution in [-0.4, -0.2) is 38.0 Å². The van der Waals surface area contributed by atoms with Crippen LogP contribution in [0.25, 0.3) is 0 Å². The highest BCUT2D eigenvalue weighted by Crippen LogP contribution is 2.33. The van der Waals surface area contributed by atoms with Crippen LogP contribution >= 0.6 is 0 Å². The standard InChI is InChI=1S/C18H27NO3S/c1-14-12-19(13-15(2)22-14)23(20,21)18-10-8-17(9-11-18)16-6-4-3-5-7-16/h8-11,14-16H,3-7,12-13H2,1-2H3. The van der Waals surface area contributed by atoms with Crippen molar-refractivity contribution in [2.45, 2.75) is 69.0 Å². The molecule has 2 aliphatic rings. The molecule has 0 aromatic heterocycles. The van der Waals surface area contributed by atoms with Crippen molar-refractivity contribution in [1.29, 1.82) is 0 Å². The minimum absolute atomic E-state index is 0.0602. The van der Waals surface area contributed by atoms with Gasteiger partial charge in [0.25, 0.3) is 0 Å². The molecule has 5 heteroatoms. The van der Waals surface area contributed by atoms with Crippen molar-refractivity contribution >= 4 is 10.0 Å².